The third-order valence-electron chi connectivity index (χ3n) is 6.28. The SMILES string of the molecule is CC(C)c1noc(-c2ncn3c2Cc2c(Cc4ccc(F)cc4)nnn2-c2cc(C(F)(F)F)ccc2-3)n1. The standard InChI is InChI=1S/C25H19F4N7O/c1-13(2)23-31-24(37-33-23)22-21-11-19-17(9-14-3-6-16(26)7-4-14)32-34-36(19)20-10-15(25(27,28)29)5-8-18(20)35(21)12-30-22/h3-8,10,12-13H,9,11H2,1-2H3. The summed E-state index contributed by atoms with van der Waals surface area (Å²) in [5, 5.41) is 12.5. The van der Waals surface area contributed by atoms with Crippen LogP contribution in [0.3, 0.4) is 0 Å². The first kappa shape index (κ1) is 23.1. The molecule has 5 aromatic rings. The van der Waals surface area contributed by atoms with E-state index in [9.17, 15) is 17.6 Å². The molecule has 4 heterocycles. The Morgan fingerprint density at radius 1 is 1.03 bits per heavy atom. The van der Waals surface area contributed by atoms with E-state index in [2.05, 4.69) is 25.4 Å². The maximum Gasteiger partial charge on any atom is 0.416 e. The van der Waals surface area contributed by atoms with Gasteiger partial charge in [-0.15, -0.1) is 5.10 Å². The van der Waals surface area contributed by atoms with Crippen LogP contribution in [0.15, 0.2) is 53.3 Å². The van der Waals surface area contributed by atoms with Crippen LogP contribution < -0.4 is 0 Å². The van der Waals surface area contributed by atoms with Gasteiger partial charge in [0.1, 0.15) is 12.1 Å². The highest BCUT2D eigenvalue weighted by atomic mass is 19.4. The molecule has 2 aromatic carbocycles. The van der Waals surface area contributed by atoms with Gasteiger partial charge in [-0.1, -0.05) is 36.4 Å². The van der Waals surface area contributed by atoms with E-state index in [0.717, 1.165) is 17.7 Å². The van der Waals surface area contributed by atoms with E-state index < -0.39 is 11.7 Å². The molecule has 37 heavy (non-hydrogen) atoms. The van der Waals surface area contributed by atoms with Gasteiger partial charge in [0.15, 0.2) is 11.5 Å². The second-order valence-electron chi connectivity index (χ2n) is 9.10. The normalized spacial score (nSPS) is 12.8. The summed E-state index contributed by atoms with van der Waals surface area (Å²) in [5.74, 6) is 0.400. The van der Waals surface area contributed by atoms with Gasteiger partial charge in [0.25, 0.3) is 5.89 Å². The van der Waals surface area contributed by atoms with E-state index >= 15 is 0 Å². The Labute approximate surface area is 207 Å². The Hall–Kier alpha value is -4.35. The van der Waals surface area contributed by atoms with Gasteiger partial charge in [-0.25, -0.2) is 14.1 Å². The van der Waals surface area contributed by atoms with Crippen LogP contribution in [-0.2, 0) is 19.0 Å². The maximum absolute atomic E-state index is 13.6. The van der Waals surface area contributed by atoms with Crippen molar-refractivity contribution in [2.45, 2.75) is 38.8 Å². The minimum atomic E-state index is -4.54. The number of hydrogen-bond donors (Lipinski definition) is 0. The van der Waals surface area contributed by atoms with Crippen LogP contribution >= 0.6 is 0 Å². The molecule has 12 heteroatoms. The monoisotopic (exact) mass is 509 g/mol. The van der Waals surface area contributed by atoms with Crippen LogP contribution in [0.2, 0.25) is 0 Å². The fourth-order valence-electron chi connectivity index (χ4n) is 4.36. The molecule has 0 spiro atoms. The van der Waals surface area contributed by atoms with Crippen molar-refractivity contribution in [1.29, 1.82) is 0 Å². The summed E-state index contributed by atoms with van der Waals surface area (Å²) >= 11 is 0. The molecule has 0 N–H and O–H groups in total. The smallest absolute Gasteiger partial charge is 0.332 e. The zero-order valence-corrected chi connectivity index (χ0v) is 19.7. The molecule has 1 aliphatic heterocycles. The van der Waals surface area contributed by atoms with Gasteiger partial charge in [-0.2, -0.15) is 18.2 Å². The molecule has 0 bridgehead atoms. The number of nitrogens with zero attached hydrogens (tertiary/aromatic N) is 7. The molecule has 0 unspecified atom stereocenters. The van der Waals surface area contributed by atoms with E-state index in [1.165, 1.54) is 29.2 Å². The minimum Gasteiger partial charge on any atom is -0.332 e. The van der Waals surface area contributed by atoms with Crippen LogP contribution in [0.25, 0.3) is 23.0 Å². The molecular weight excluding hydrogens is 490 g/mol. The second-order valence-corrected chi connectivity index (χ2v) is 9.10. The number of fused-ring (bicyclic) bond motifs is 5. The molecule has 1 aliphatic rings. The predicted octanol–water partition coefficient (Wildman–Crippen LogP) is 5.28. The summed E-state index contributed by atoms with van der Waals surface area (Å²) in [6.45, 7) is 3.87. The first-order valence-corrected chi connectivity index (χ1v) is 11.5. The van der Waals surface area contributed by atoms with Gasteiger partial charge in [-0.05, 0) is 35.9 Å². The van der Waals surface area contributed by atoms with Gasteiger partial charge in [0, 0.05) is 18.8 Å². The fraction of sp³-hybridized carbons (Fsp3) is 0.240. The Bertz CT molecular complexity index is 1610. The molecule has 3 aromatic heterocycles. The van der Waals surface area contributed by atoms with Gasteiger partial charge >= 0.3 is 6.18 Å². The molecule has 0 atom stereocenters. The zero-order chi connectivity index (χ0) is 25.9. The summed E-state index contributed by atoms with van der Waals surface area (Å²) in [5.41, 5.74) is 2.81. The predicted molar refractivity (Wildman–Crippen MR) is 123 cm³/mol. The van der Waals surface area contributed by atoms with E-state index in [-0.39, 0.29) is 29.7 Å². The molecule has 188 valence electrons. The van der Waals surface area contributed by atoms with Crippen LogP contribution in [0, 0.1) is 5.82 Å². The Morgan fingerprint density at radius 3 is 2.51 bits per heavy atom. The average molecular weight is 509 g/mol. The average Bonchev–Trinajstić information content (AvgIpc) is 3.57. The number of rotatable bonds is 4. The molecule has 8 nitrogen and oxygen atoms in total. The van der Waals surface area contributed by atoms with Crippen LogP contribution in [0.5, 0.6) is 0 Å². The van der Waals surface area contributed by atoms with Crippen molar-refractivity contribution in [2.75, 3.05) is 0 Å². The Kier molecular flexibility index (Phi) is 5.21. The molecule has 0 fully saturated rings. The lowest BCUT2D eigenvalue weighted by Crippen LogP contribution is -2.09. The molecular formula is C25H19F4N7O. The highest BCUT2D eigenvalue weighted by Gasteiger charge is 2.34. The number of imidazole rings is 1. The van der Waals surface area contributed by atoms with Crippen molar-refractivity contribution in [3.63, 3.8) is 0 Å². The fourth-order valence-corrected chi connectivity index (χ4v) is 4.36. The van der Waals surface area contributed by atoms with Gasteiger partial charge in [0.05, 0.1) is 34.0 Å². The molecule has 0 radical (unpaired) electrons. The van der Waals surface area contributed by atoms with E-state index in [0.29, 0.717) is 40.7 Å². The summed E-state index contributed by atoms with van der Waals surface area (Å²) in [4.78, 5) is 8.95. The first-order valence-electron chi connectivity index (χ1n) is 11.5. The first-order chi connectivity index (χ1) is 17.7. The summed E-state index contributed by atoms with van der Waals surface area (Å²) in [6, 6.07) is 9.41. The highest BCUT2D eigenvalue weighted by molar-refractivity contribution is 5.62. The van der Waals surface area contributed by atoms with Gasteiger partial charge in [-0.3, -0.25) is 4.57 Å². The van der Waals surface area contributed by atoms with E-state index in [1.54, 1.807) is 16.7 Å². The number of aromatic nitrogens is 7. The molecule has 0 aliphatic carbocycles. The van der Waals surface area contributed by atoms with Crippen LogP contribution in [0.4, 0.5) is 17.6 Å². The van der Waals surface area contributed by atoms with Crippen molar-refractivity contribution in [3.05, 3.63) is 88.6 Å². The molecule has 0 amide bonds. The van der Waals surface area contributed by atoms with Crippen LogP contribution in [0.1, 0.15) is 53.8 Å². The van der Waals surface area contributed by atoms with Crippen LogP contribution in [-0.4, -0.2) is 34.7 Å². The third-order valence-corrected chi connectivity index (χ3v) is 6.28. The topological polar surface area (TPSA) is 87.5 Å². The number of halogens is 4. The van der Waals surface area contributed by atoms with Crippen molar-refractivity contribution < 1.29 is 22.1 Å². The van der Waals surface area contributed by atoms with Gasteiger partial charge < -0.3 is 4.52 Å². The Balaban J connectivity index is 1.54. The molecule has 0 saturated carbocycles. The zero-order valence-electron chi connectivity index (χ0n) is 19.7. The van der Waals surface area contributed by atoms with Crippen molar-refractivity contribution in [3.8, 4) is 23.0 Å². The molecule has 6 rings (SSSR count). The Morgan fingerprint density at radius 2 is 1.81 bits per heavy atom. The highest BCUT2D eigenvalue weighted by Crippen LogP contribution is 2.37. The number of benzene rings is 2. The lowest BCUT2D eigenvalue weighted by Gasteiger charge is -2.13. The number of hydrogen-bond acceptors (Lipinski definition) is 6. The quantitative estimate of drug-likeness (QED) is 0.301. The third kappa shape index (κ3) is 3.98. The summed E-state index contributed by atoms with van der Waals surface area (Å²) in [7, 11) is 0. The maximum atomic E-state index is 13.6. The second kappa shape index (κ2) is 8.36. The lowest BCUT2D eigenvalue weighted by molar-refractivity contribution is -0.137. The molecule has 0 saturated heterocycles. The van der Waals surface area contributed by atoms with Crippen molar-refractivity contribution >= 4 is 0 Å². The number of alkyl halides is 3. The van der Waals surface area contributed by atoms with Crippen molar-refractivity contribution in [1.82, 2.24) is 34.7 Å². The van der Waals surface area contributed by atoms with E-state index in [1.807, 2.05) is 13.8 Å². The van der Waals surface area contributed by atoms with E-state index in [4.69, 9.17) is 4.52 Å². The summed E-state index contributed by atoms with van der Waals surface area (Å²) in [6.07, 6.45) is -2.48. The van der Waals surface area contributed by atoms with Gasteiger partial charge in [0.2, 0.25) is 0 Å². The largest absolute Gasteiger partial charge is 0.416 e. The minimum absolute atomic E-state index is 0.0354. The van der Waals surface area contributed by atoms with Crippen molar-refractivity contribution in [2.24, 2.45) is 0 Å². The summed E-state index contributed by atoms with van der Waals surface area (Å²) < 4.78 is 62.9. The lowest BCUT2D eigenvalue weighted by atomic mass is 10.1.